The van der Waals surface area contributed by atoms with Crippen molar-refractivity contribution in [3.8, 4) is 17.0 Å². The van der Waals surface area contributed by atoms with Crippen LogP contribution >= 0.6 is 0 Å². The Bertz CT molecular complexity index is 806. The molecule has 0 fully saturated rings. The minimum Gasteiger partial charge on any atom is -0.505 e. The van der Waals surface area contributed by atoms with Crippen molar-refractivity contribution in [2.75, 3.05) is 0 Å². The third kappa shape index (κ3) is 1.87. The van der Waals surface area contributed by atoms with Gasteiger partial charge in [-0.15, -0.1) is 0 Å². The lowest BCUT2D eigenvalue weighted by atomic mass is 10.1. The Hall–Kier alpha value is -2.62. The molecular weight excluding hydrogens is 245 g/mol. The predicted molar refractivity (Wildman–Crippen MR) is 71.6 cm³/mol. The number of benzene rings is 2. The molecule has 0 aliphatic rings. The van der Waals surface area contributed by atoms with E-state index in [1.165, 1.54) is 24.3 Å². The molecule has 0 atom stereocenters. The van der Waals surface area contributed by atoms with Crippen LogP contribution in [0.3, 0.4) is 0 Å². The number of hydrogen-bond acceptors (Lipinski definition) is 2. The van der Waals surface area contributed by atoms with E-state index in [-0.39, 0.29) is 17.1 Å². The van der Waals surface area contributed by atoms with Gasteiger partial charge in [0.1, 0.15) is 11.6 Å². The number of H-pyrrole nitrogens is 1. The van der Waals surface area contributed by atoms with Gasteiger partial charge in [0.2, 0.25) is 0 Å². The van der Waals surface area contributed by atoms with Crippen LogP contribution in [0.4, 0.5) is 4.39 Å². The number of aromatic nitrogens is 1. The summed E-state index contributed by atoms with van der Waals surface area (Å²) in [6, 6.07) is 12.4. The summed E-state index contributed by atoms with van der Waals surface area (Å²) in [7, 11) is 0. The highest BCUT2D eigenvalue weighted by atomic mass is 19.1. The smallest absolute Gasteiger partial charge is 0.256 e. The number of halogens is 1. The highest BCUT2D eigenvalue weighted by molar-refractivity contribution is 5.92. The number of fused-ring (bicyclic) bond motifs is 1. The molecule has 19 heavy (non-hydrogen) atoms. The molecule has 0 radical (unpaired) electrons. The first-order valence-corrected chi connectivity index (χ1v) is 5.77. The molecule has 0 bridgehead atoms. The second-order valence-electron chi connectivity index (χ2n) is 4.23. The molecule has 1 aromatic heterocycles. The Labute approximate surface area is 108 Å². The maximum absolute atomic E-state index is 12.9. The normalized spacial score (nSPS) is 10.8. The van der Waals surface area contributed by atoms with Crippen LogP contribution in [0.5, 0.6) is 5.75 Å². The van der Waals surface area contributed by atoms with Crippen molar-refractivity contribution in [2.24, 2.45) is 0 Å². The molecule has 2 aromatic carbocycles. The van der Waals surface area contributed by atoms with E-state index in [0.717, 1.165) is 0 Å². The van der Waals surface area contributed by atoms with E-state index < -0.39 is 0 Å². The molecule has 1 heterocycles. The lowest BCUT2D eigenvalue weighted by Crippen LogP contribution is -2.07. The van der Waals surface area contributed by atoms with Crippen LogP contribution in [0.2, 0.25) is 0 Å². The standard InChI is InChI=1S/C15H10FNO2/c16-10-7-5-9(6-8-10)13-14(18)11-3-1-2-4-12(11)15(19)17-13/h1-8,18H,(H,17,19). The maximum Gasteiger partial charge on any atom is 0.256 e. The number of rotatable bonds is 1. The van der Waals surface area contributed by atoms with Crippen LogP contribution in [-0.4, -0.2) is 10.1 Å². The van der Waals surface area contributed by atoms with Crippen LogP contribution in [0, 0.1) is 5.82 Å². The summed E-state index contributed by atoms with van der Waals surface area (Å²) in [6.07, 6.45) is 0. The summed E-state index contributed by atoms with van der Waals surface area (Å²) in [5, 5.41) is 11.1. The van der Waals surface area contributed by atoms with Gasteiger partial charge in [0.15, 0.2) is 0 Å². The molecule has 3 nitrogen and oxygen atoms in total. The molecule has 0 spiro atoms. The van der Waals surface area contributed by atoms with Crippen LogP contribution in [0.25, 0.3) is 22.0 Å². The van der Waals surface area contributed by atoms with Gasteiger partial charge >= 0.3 is 0 Å². The second-order valence-corrected chi connectivity index (χ2v) is 4.23. The minimum atomic E-state index is -0.369. The maximum atomic E-state index is 12.9. The van der Waals surface area contributed by atoms with E-state index in [9.17, 15) is 14.3 Å². The molecule has 0 saturated heterocycles. The molecule has 0 saturated carbocycles. The van der Waals surface area contributed by atoms with Crippen LogP contribution < -0.4 is 5.56 Å². The molecule has 3 rings (SSSR count). The Balaban J connectivity index is 2.33. The van der Waals surface area contributed by atoms with Gasteiger partial charge in [-0.3, -0.25) is 4.79 Å². The third-order valence-electron chi connectivity index (χ3n) is 3.04. The Morgan fingerprint density at radius 1 is 0.947 bits per heavy atom. The minimum absolute atomic E-state index is 0.0122. The summed E-state index contributed by atoms with van der Waals surface area (Å²) < 4.78 is 12.9. The van der Waals surface area contributed by atoms with Gasteiger partial charge in [-0.05, 0) is 30.3 Å². The summed E-state index contributed by atoms with van der Waals surface area (Å²) >= 11 is 0. The van der Waals surface area contributed by atoms with E-state index in [0.29, 0.717) is 22.0 Å². The van der Waals surface area contributed by atoms with Crippen LogP contribution in [0.15, 0.2) is 53.3 Å². The fraction of sp³-hybridized carbons (Fsp3) is 0. The average molecular weight is 255 g/mol. The van der Waals surface area contributed by atoms with Gasteiger partial charge in [-0.2, -0.15) is 0 Å². The predicted octanol–water partition coefficient (Wildman–Crippen LogP) is 3.04. The van der Waals surface area contributed by atoms with Crippen molar-refractivity contribution in [1.29, 1.82) is 0 Å². The lowest BCUT2D eigenvalue weighted by Gasteiger charge is -2.07. The second kappa shape index (κ2) is 4.24. The topological polar surface area (TPSA) is 53.1 Å². The highest BCUT2D eigenvalue weighted by Crippen LogP contribution is 2.31. The molecule has 4 heteroatoms. The van der Waals surface area contributed by atoms with Crippen molar-refractivity contribution in [2.45, 2.75) is 0 Å². The number of aromatic hydroxyl groups is 1. The van der Waals surface area contributed by atoms with Gasteiger partial charge in [0.05, 0.1) is 11.1 Å². The zero-order valence-corrected chi connectivity index (χ0v) is 9.85. The van der Waals surface area contributed by atoms with Gasteiger partial charge in [0, 0.05) is 10.9 Å². The van der Waals surface area contributed by atoms with E-state index in [1.54, 1.807) is 24.3 Å². The van der Waals surface area contributed by atoms with Crippen molar-refractivity contribution < 1.29 is 9.50 Å². The van der Waals surface area contributed by atoms with Gasteiger partial charge in [-0.25, -0.2) is 4.39 Å². The molecule has 94 valence electrons. The Morgan fingerprint density at radius 3 is 2.26 bits per heavy atom. The summed E-state index contributed by atoms with van der Waals surface area (Å²) in [5.74, 6) is -0.381. The first-order chi connectivity index (χ1) is 9.16. The van der Waals surface area contributed by atoms with E-state index >= 15 is 0 Å². The molecule has 0 amide bonds. The SMILES string of the molecule is O=c1[nH]c(-c2ccc(F)cc2)c(O)c2ccccc12. The van der Waals surface area contributed by atoms with Gasteiger partial charge < -0.3 is 10.1 Å². The first kappa shape index (κ1) is 11.5. The Kier molecular flexibility index (Phi) is 2.56. The van der Waals surface area contributed by atoms with Crippen molar-refractivity contribution >= 4 is 10.8 Å². The summed E-state index contributed by atoms with van der Waals surface area (Å²) in [6.45, 7) is 0. The quantitative estimate of drug-likeness (QED) is 0.702. The van der Waals surface area contributed by atoms with E-state index in [1.807, 2.05) is 0 Å². The average Bonchev–Trinajstić information content (AvgIpc) is 2.44. The third-order valence-corrected chi connectivity index (χ3v) is 3.04. The summed E-state index contributed by atoms with van der Waals surface area (Å²) in [4.78, 5) is 14.6. The van der Waals surface area contributed by atoms with E-state index in [2.05, 4.69) is 4.98 Å². The number of pyridine rings is 1. The summed E-state index contributed by atoms with van der Waals surface area (Å²) in [5.41, 5.74) is 0.568. The van der Waals surface area contributed by atoms with E-state index in [4.69, 9.17) is 0 Å². The fourth-order valence-electron chi connectivity index (χ4n) is 2.09. The first-order valence-electron chi connectivity index (χ1n) is 5.77. The largest absolute Gasteiger partial charge is 0.505 e. The monoisotopic (exact) mass is 255 g/mol. The number of nitrogens with one attached hydrogen (secondary N) is 1. The number of hydrogen-bond donors (Lipinski definition) is 2. The van der Waals surface area contributed by atoms with Gasteiger partial charge in [0.25, 0.3) is 5.56 Å². The highest BCUT2D eigenvalue weighted by Gasteiger charge is 2.11. The zero-order valence-electron chi connectivity index (χ0n) is 9.85. The zero-order chi connectivity index (χ0) is 13.4. The molecule has 3 aromatic rings. The van der Waals surface area contributed by atoms with Gasteiger partial charge in [-0.1, -0.05) is 18.2 Å². The molecule has 2 N–H and O–H groups in total. The Morgan fingerprint density at radius 2 is 1.58 bits per heavy atom. The van der Waals surface area contributed by atoms with Crippen molar-refractivity contribution in [3.63, 3.8) is 0 Å². The van der Waals surface area contributed by atoms with Crippen molar-refractivity contribution in [1.82, 2.24) is 4.98 Å². The fourth-order valence-corrected chi connectivity index (χ4v) is 2.09. The molecule has 0 aliphatic carbocycles. The molecular formula is C15H10FNO2. The molecule has 0 aliphatic heterocycles. The van der Waals surface area contributed by atoms with Crippen LogP contribution in [-0.2, 0) is 0 Å². The molecule has 0 unspecified atom stereocenters. The van der Waals surface area contributed by atoms with Crippen molar-refractivity contribution in [3.05, 3.63) is 64.7 Å². The van der Waals surface area contributed by atoms with Crippen LogP contribution in [0.1, 0.15) is 0 Å². The number of aromatic amines is 1. The lowest BCUT2D eigenvalue weighted by molar-refractivity contribution is 0.481.